The van der Waals surface area contributed by atoms with Crippen LogP contribution >= 0.6 is 0 Å². The first-order valence-electron chi connectivity index (χ1n) is 6.33. The van der Waals surface area contributed by atoms with Crippen LogP contribution in [0.25, 0.3) is 0 Å². The third-order valence-corrected chi connectivity index (χ3v) is 4.59. The van der Waals surface area contributed by atoms with Gasteiger partial charge in [-0.3, -0.25) is 4.79 Å². The number of amides is 1. The lowest BCUT2D eigenvalue weighted by Crippen LogP contribution is -2.53. The Labute approximate surface area is 123 Å². The van der Waals surface area contributed by atoms with Crippen LogP contribution in [0.4, 0.5) is 5.69 Å². The van der Waals surface area contributed by atoms with Gasteiger partial charge >= 0.3 is 0 Å². The van der Waals surface area contributed by atoms with E-state index < -0.39 is 10.0 Å². The Balaban J connectivity index is 2.01. The normalized spacial score (nSPS) is 16.1. The number of hydrogen-bond donors (Lipinski definition) is 1. The standard InChI is InChI=1S/C13H18N2O5S/c1-19-10-4-5-11(12(6-10)20-2)14-13(16)9-7-15(8-9)21(3,17)18/h4-6,9H,7-8H2,1-3H3,(H,14,16). The lowest BCUT2D eigenvalue weighted by atomic mass is 10.0. The maximum atomic E-state index is 12.1. The topological polar surface area (TPSA) is 84.9 Å². The number of methoxy groups -OCH3 is 2. The van der Waals surface area contributed by atoms with Crippen molar-refractivity contribution in [2.45, 2.75) is 0 Å². The van der Waals surface area contributed by atoms with E-state index in [1.54, 1.807) is 25.3 Å². The van der Waals surface area contributed by atoms with Gasteiger partial charge in [-0.1, -0.05) is 0 Å². The van der Waals surface area contributed by atoms with Crippen LogP contribution in [-0.4, -0.2) is 52.2 Å². The van der Waals surface area contributed by atoms with Gasteiger partial charge in [-0.15, -0.1) is 0 Å². The summed E-state index contributed by atoms with van der Waals surface area (Å²) in [5.41, 5.74) is 0.529. The second-order valence-electron chi connectivity index (χ2n) is 4.83. The molecule has 0 unspecified atom stereocenters. The fraction of sp³-hybridized carbons (Fsp3) is 0.462. The molecule has 1 heterocycles. The third-order valence-electron chi connectivity index (χ3n) is 3.35. The summed E-state index contributed by atoms with van der Waals surface area (Å²) >= 11 is 0. The fourth-order valence-electron chi connectivity index (χ4n) is 2.01. The molecule has 8 heteroatoms. The molecule has 1 fully saturated rings. The minimum absolute atomic E-state index is 0.211. The number of nitrogens with one attached hydrogen (secondary N) is 1. The molecule has 0 spiro atoms. The van der Waals surface area contributed by atoms with Gasteiger partial charge in [0, 0.05) is 19.2 Å². The molecule has 1 aliphatic heterocycles. The van der Waals surface area contributed by atoms with E-state index in [0.29, 0.717) is 17.2 Å². The summed E-state index contributed by atoms with van der Waals surface area (Å²) in [4.78, 5) is 12.1. The lowest BCUT2D eigenvalue weighted by molar-refractivity contribution is -0.122. The van der Waals surface area contributed by atoms with Crippen LogP contribution in [0.2, 0.25) is 0 Å². The van der Waals surface area contributed by atoms with E-state index in [0.717, 1.165) is 6.26 Å². The van der Waals surface area contributed by atoms with Crippen molar-refractivity contribution >= 4 is 21.6 Å². The molecule has 1 aromatic rings. The van der Waals surface area contributed by atoms with Crippen molar-refractivity contribution in [2.75, 3.05) is 38.9 Å². The molecular weight excluding hydrogens is 296 g/mol. The zero-order valence-electron chi connectivity index (χ0n) is 12.1. The molecule has 1 N–H and O–H groups in total. The molecule has 1 aromatic carbocycles. The van der Waals surface area contributed by atoms with Crippen molar-refractivity contribution in [1.82, 2.24) is 4.31 Å². The number of anilines is 1. The van der Waals surface area contributed by atoms with Crippen LogP contribution < -0.4 is 14.8 Å². The number of carbonyl (C=O) groups excluding carboxylic acids is 1. The summed E-state index contributed by atoms with van der Waals surface area (Å²) in [5.74, 6) is 0.545. The van der Waals surface area contributed by atoms with Crippen LogP contribution in [0.3, 0.4) is 0 Å². The predicted molar refractivity (Wildman–Crippen MR) is 78.1 cm³/mol. The average Bonchev–Trinajstić information content (AvgIpc) is 2.35. The minimum atomic E-state index is -3.22. The SMILES string of the molecule is COc1ccc(NC(=O)C2CN(S(C)(=O)=O)C2)c(OC)c1. The molecule has 1 amide bonds. The molecule has 116 valence electrons. The van der Waals surface area contributed by atoms with Gasteiger partial charge in [0.25, 0.3) is 0 Å². The third kappa shape index (κ3) is 3.45. The first kappa shape index (κ1) is 15.6. The molecule has 1 saturated heterocycles. The van der Waals surface area contributed by atoms with Crippen LogP contribution in [0.15, 0.2) is 18.2 Å². The van der Waals surface area contributed by atoms with E-state index in [1.165, 1.54) is 11.4 Å². The van der Waals surface area contributed by atoms with E-state index in [-0.39, 0.29) is 24.9 Å². The highest BCUT2D eigenvalue weighted by atomic mass is 32.2. The molecule has 0 radical (unpaired) electrons. The molecule has 2 rings (SSSR count). The quantitative estimate of drug-likeness (QED) is 0.857. The van der Waals surface area contributed by atoms with Crippen molar-refractivity contribution < 1.29 is 22.7 Å². The van der Waals surface area contributed by atoms with Crippen LogP contribution in [-0.2, 0) is 14.8 Å². The highest BCUT2D eigenvalue weighted by molar-refractivity contribution is 7.88. The highest BCUT2D eigenvalue weighted by Crippen LogP contribution is 2.30. The number of nitrogens with zero attached hydrogens (tertiary/aromatic N) is 1. The Hall–Kier alpha value is -1.80. The number of hydrogen-bond acceptors (Lipinski definition) is 5. The van der Waals surface area contributed by atoms with Crippen LogP contribution in [0.5, 0.6) is 11.5 Å². The molecule has 0 atom stereocenters. The molecule has 0 aromatic heterocycles. The lowest BCUT2D eigenvalue weighted by Gasteiger charge is -2.36. The van der Waals surface area contributed by atoms with Gasteiger partial charge < -0.3 is 14.8 Å². The highest BCUT2D eigenvalue weighted by Gasteiger charge is 2.37. The number of carbonyl (C=O) groups is 1. The smallest absolute Gasteiger partial charge is 0.230 e. The second kappa shape index (κ2) is 5.90. The summed E-state index contributed by atoms with van der Waals surface area (Å²) in [5, 5.41) is 2.75. The zero-order valence-corrected chi connectivity index (χ0v) is 12.9. The first-order valence-corrected chi connectivity index (χ1v) is 8.18. The van der Waals surface area contributed by atoms with Gasteiger partial charge in [-0.2, -0.15) is 0 Å². The van der Waals surface area contributed by atoms with Crippen LogP contribution in [0.1, 0.15) is 0 Å². The summed E-state index contributed by atoms with van der Waals surface area (Å²) in [6, 6.07) is 5.06. The van der Waals surface area contributed by atoms with E-state index in [4.69, 9.17) is 9.47 Å². The van der Waals surface area contributed by atoms with Crippen molar-refractivity contribution in [3.8, 4) is 11.5 Å². The van der Waals surface area contributed by atoms with E-state index >= 15 is 0 Å². The zero-order chi connectivity index (χ0) is 15.6. The Kier molecular flexibility index (Phi) is 4.38. The summed E-state index contributed by atoms with van der Waals surface area (Å²) < 4.78 is 34.1. The first-order chi connectivity index (χ1) is 9.85. The second-order valence-corrected chi connectivity index (χ2v) is 6.81. The number of benzene rings is 1. The van der Waals surface area contributed by atoms with Gasteiger partial charge in [0.2, 0.25) is 15.9 Å². The Bertz CT molecular complexity index is 638. The number of ether oxygens (including phenoxy) is 2. The largest absolute Gasteiger partial charge is 0.497 e. The van der Waals surface area contributed by atoms with Gasteiger partial charge in [0.1, 0.15) is 11.5 Å². The summed E-state index contributed by atoms with van der Waals surface area (Å²) in [7, 11) is -0.173. The maximum absolute atomic E-state index is 12.1. The Morgan fingerprint density at radius 3 is 2.48 bits per heavy atom. The monoisotopic (exact) mass is 314 g/mol. The Morgan fingerprint density at radius 1 is 1.29 bits per heavy atom. The van der Waals surface area contributed by atoms with Gasteiger partial charge in [-0.05, 0) is 12.1 Å². The predicted octanol–water partition coefficient (Wildman–Crippen LogP) is 0.534. The number of sulfonamides is 1. The molecule has 0 aliphatic carbocycles. The van der Waals surface area contributed by atoms with Gasteiger partial charge in [0.15, 0.2) is 0 Å². The van der Waals surface area contributed by atoms with E-state index in [2.05, 4.69) is 5.32 Å². The minimum Gasteiger partial charge on any atom is -0.497 e. The summed E-state index contributed by atoms with van der Waals surface area (Å²) in [6.45, 7) is 0.423. The molecule has 0 bridgehead atoms. The molecule has 7 nitrogen and oxygen atoms in total. The van der Waals surface area contributed by atoms with E-state index in [9.17, 15) is 13.2 Å². The van der Waals surface area contributed by atoms with Crippen molar-refractivity contribution in [3.05, 3.63) is 18.2 Å². The van der Waals surface area contributed by atoms with Gasteiger partial charge in [0.05, 0.1) is 32.1 Å². The Morgan fingerprint density at radius 2 is 1.95 bits per heavy atom. The van der Waals surface area contributed by atoms with E-state index in [1.807, 2.05) is 0 Å². The molecule has 0 saturated carbocycles. The van der Waals surface area contributed by atoms with Crippen molar-refractivity contribution in [2.24, 2.45) is 5.92 Å². The number of rotatable bonds is 5. The van der Waals surface area contributed by atoms with Gasteiger partial charge in [-0.25, -0.2) is 12.7 Å². The van der Waals surface area contributed by atoms with Crippen molar-refractivity contribution in [3.63, 3.8) is 0 Å². The fourth-order valence-corrected chi connectivity index (χ4v) is 2.91. The maximum Gasteiger partial charge on any atom is 0.230 e. The molecular formula is C13H18N2O5S. The summed E-state index contributed by atoms with van der Waals surface area (Å²) in [6.07, 6.45) is 1.13. The van der Waals surface area contributed by atoms with Crippen molar-refractivity contribution in [1.29, 1.82) is 0 Å². The molecule has 21 heavy (non-hydrogen) atoms. The molecule has 1 aliphatic rings. The van der Waals surface area contributed by atoms with Crippen LogP contribution in [0, 0.1) is 5.92 Å². The average molecular weight is 314 g/mol.